The molecule has 0 bridgehead atoms. The first-order chi connectivity index (χ1) is 17.0. The Morgan fingerprint density at radius 3 is 2.66 bits per heavy atom. The Hall–Kier alpha value is -3.64. The van der Waals surface area contributed by atoms with E-state index in [0.717, 1.165) is 43.1 Å². The smallest absolute Gasteiger partial charge is 0.276 e. The molecule has 0 spiro atoms. The number of nitrogens with zero attached hydrogens (tertiary/aromatic N) is 7. The summed E-state index contributed by atoms with van der Waals surface area (Å²) in [6.45, 7) is 5.93. The van der Waals surface area contributed by atoms with Crippen molar-refractivity contribution < 1.29 is 18.7 Å². The van der Waals surface area contributed by atoms with Crippen LogP contribution in [0.1, 0.15) is 21.9 Å². The van der Waals surface area contributed by atoms with Crippen LogP contribution >= 0.6 is 0 Å². The zero-order valence-corrected chi connectivity index (χ0v) is 20.4. The number of carbonyl (C=O) groups excluding carboxylic acids is 1. The van der Waals surface area contributed by atoms with E-state index in [1.54, 1.807) is 19.1 Å². The van der Waals surface area contributed by atoms with E-state index < -0.39 is 0 Å². The normalized spacial score (nSPS) is 16.8. The molecule has 0 aliphatic carbocycles. The average Bonchev–Trinajstić information content (AvgIpc) is 3.49. The Labute approximate surface area is 203 Å². The fraction of sp³-hybridized carbons (Fsp3) is 0.478. The number of fused-ring (bicyclic) bond motifs is 1. The number of rotatable bonds is 5. The van der Waals surface area contributed by atoms with Gasteiger partial charge < -0.3 is 33.9 Å². The number of carbonyl (C=O) groups is 1. The lowest BCUT2D eigenvalue weighted by Gasteiger charge is -2.29. The molecule has 1 N–H and O–H groups in total. The summed E-state index contributed by atoms with van der Waals surface area (Å²) in [7, 11) is 5.22. The number of hydrogen-bond donors (Lipinski definition) is 1. The monoisotopic (exact) mass is 482 g/mol. The molecule has 4 heterocycles. The second kappa shape index (κ2) is 9.55. The van der Waals surface area contributed by atoms with Crippen molar-refractivity contribution in [2.75, 3.05) is 70.6 Å². The minimum atomic E-state index is -0.177. The van der Waals surface area contributed by atoms with Crippen LogP contribution in [-0.4, -0.2) is 91.4 Å². The van der Waals surface area contributed by atoms with Crippen molar-refractivity contribution in [2.24, 2.45) is 0 Å². The van der Waals surface area contributed by atoms with E-state index in [2.05, 4.69) is 20.4 Å². The zero-order valence-electron chi connectivity index (χ0n) is 20.4. The first-order valence-corrected chi connectivity index (χ1v) is 11.5. The quantitative estimate of drug-likeness (QED) is 0.568. The lowest BCUT2D eigenvalue weighted by molar-refractivity contribution is 0.0312. The highest BCUT2D eigenvalue weighted by atomic mass is 16.5. The maximum Gasteiger partial charge on any atom is 0.276 e. The molecule has 2 aromatic heterocycles. The maximum atomic E-state index is 13.4. The number of aryl methyl sites for hydroxylation is 1. The predicted molar refractivity (Wildman–Crippen MR) is 129 cm³/mol. The second-order valence-electron chi connectivity index (χ2n) is 8.76. The summed E-state index contributed by atoms with van der Waals surface area (Å²) in [5, 5.41) is 11.9. The Morgan fingerprint density at radius 1 is 1.11 bits per heavy atom. The lowest BCUT2D eigenvalue weighted by atomic mass is 10.1. The number of imidazole rings is 1. The zero-order chi connectivity index (χ0) is 24.5. The average molecular weight is 483 g/mol. The molecule has 3 aromatic rings. The highest BCUT2D eigenvalue weighted by Crippen LogP contribution is 2.31. The van der Waals surface area contributed by atoms with E-state index in [4.69, 9.17) is 18.9 Å². The molecular weight excluding hydrogens is 452 g/mol. The van der Waals surface area contributed by atoms with Crippen molar-refractivity contribution in [1.82, 2.24) is 30.0 Å². The molecule has 35 heavy (non-hydrogen) atoms. The lowest BCUT2D eigenvalue weighted by Crippen LogP contribution is -2.45. The molecule has 1 saturated heterocycles. The van der Waals surface area contributed by atoms with Gasteiger partial charge >= 0.3 is 0 Å². The maximum absolute atomic E-state index is 13.4. The molecule has 12 heteroatoms. The third-order valence-electron chi connectivity index (χ3n) is 6.22. The van der Waals surface area contributed by atoms with Gasteiger partial charge in [-0.3, -0.25) is 9.36 Å². The molecule has 1 aromatic carbocycles. The Bertz CT molecular complexity index is 1220. The minimum Gasteiger partial charge on any atom is -0.496 e. The van der Waals surface area contributed by atoms with Crippen molar-refractivity contribution in [3.8, 4) is 17.2 Å². The van der Waals surface area contributed by atoms with Crippen molar-refractivity contribution in [2.45, 2.75) is 13.5 Å². The van der Waals surface area contributed by atoms with Crippen molar-refractivity contribution in [3.05, 3.63) is 35.3 Å². The van der Waals surface area contributed by atoms with Crippen molar-refractivity contribution in [3.63, 3.8) is 0 Å². The van der Waals surface area contributed by atoms with Crippen LogP contribution in [0.15, 0.2) is 22.6 Å². The number of aromatic nitrogens is 4. The van der Waals surface area contributed by atoms with E-state index in [0.29, 0.717) is 36.0 Å². The number of nitrogens with one attached hydrogen (secondary N) is 1. The molecule has 1 fully saturated rings. The molecule has 0 radical (unpaired) electrons. The van der Waals surface area contributed by atoms with E-state index in [1.165, 1.54) is 0 Å². The third kappa shape index (κ3) is 4.42. The van der Waals surface area contributed by atoms with Crippen LogP contribution in [0.3, 0.4) is 0 Å². The molecule has 0 saturated carbocycles. The second-order valence-corrected chi connectivity index (χ2v) is 8.76. The van der Waals surface area contributed by atoms with Gasteiger partial charge in [0.05, 0.1) is 7.11 Å². The summed E-state index contributed by atoms with van der Waals surface area (Å²) < 4.78 is 19.0. The summed E-state index contributed by atoms with van der Waals surface area (Å²) in [6.07, 6.45) is 0. The molecule has 2 aliphatic heterocycles. The van der Waals surface area contributed by atoms with Crippen LogP contribution in [0.25, 0.3) is 11.5 Å². The van der Waals surface area contributed by atoms with E-state index in [1.807, 2.05) is 41.6 Å². The van der Waals surface area contributed by atoms with E-state index in [9.17, 15) is 4.79 Å². The number of piperazine rings is 1. The predicted octanol–water partition coefficient (Wildman–Crippen LogP) is 1.16. The summed E-state index contributed by atoms with van der Waals surface area (Å²) in [5.74, 6) is 2.61. The van der Waals surface area contributed by atoms with Crippen LogP contribution in [0.4, 0.5) is 11.8 Å². The SMILES string of the molecule is COc1cc(-c2nnc(Cn3c(N4CCNCC4)nc4c3C(=O)N(C)COCN4C)o2)ccc1C. The van der Waals surface area contributed by atoms with Crippen molar-refractivity contribution >= 4 is 17.7 Å². The first kappa shape index (κ1) is 23.1. The van der Waals surface area contributed by atoms with Crippen molar-refractivity contribution in [1.29, 1.82) is 0 Å². The number of amides is 1. The summed E-state index contributed by atoms with van der Waals surface area (Å²) in [5.41, 5.74) is 2.26. The number of hydrogen-bond acceptors (Lipinski definition) is 10. The van der Waals surface area contributed by atoms with Gasteiger partial charge in [0.25, 0.3) is 5.91 Å². The van der Waals surface area contributed by atoms with Gasteiger partial charge in [0.15, 0.2) is 11.5 Å². The molecule has 1 amide bonds. The number of anilines is 2. The van der Waals surface area contributed by atoms with E-state index in [-0.39, 0.29) is 19.2 Å². The Morgan fingerprint density at radius 2 is 1.89 bits per heavy atom. The van der Waals surface area contributed by atoms with Crippen LogP contribution in [0.5, 0.6) is 5.75 Å². The standard InChI is InChI=1S/C23H30N8O4/c1-15-5-6-16(11-17(15)33-4)21-27-26-18(35-21)12-31-19-20(25-23(31)30-9-7-24-8-10-30)28(2)13-34-14-29(3)22(19)32/h5-6,11,24H,7-10,12-14H2,1-4H3. The molecule has 5 rings (SSSR count). The molecule has 186 valence electrons. The van der Waals surface area contributed by atoms with Crippen LogP contribution in [0, 0.1) is 6.92 Å². The van der Waals surface area contributed by atoms with Crippen LogP contribution < -0.4 is 19.9 Å². The molecular formula is C23H30N8O4. The Kier molecular flexibility index (Phi) is 6.31. The summed E-state index contributed by atoms with van der Waals surface area (Å²) >= 11 is 0. The number of ether oxygens (including phenoxy) is 2. The number of methoxy groups -OCH3 is 1. The first-order valence-electron chi connectivity index (χ1n) is 11.5. The van der Waals surface area contributed by atoms with Gasteiger partial charge in [-0.1, -0.05) is 6.07 Å². The molecule has 0 atom stereocenters. The fourth-order valence-electron chi connectivity index (χ4n) is 4.30. The van der Waals surface area contributed by atoms with Crippen LogP contribution in [-0.2, 0) is 11.3 Å². The van der Waals surface area contributed by atoms with Gasteiger partial charge in [0.2, 0.25) is 17.7 Å². The number of benzene rings is 1. The van der Waals surface area contributed by atoms with Gasteiger partial charge in [-0.05, 0) is 24.6 Å². The highest BCUT2D eigenvalue weighted by Gasteiger charge is 2.32. The summed E-state index contributed by atoms with van der Waals surface area (Å²) in [4.78, 5) is 23.9. The fourth-order valence-corrected chi connectivity index (χ4v) is 4.30. The minimum absolute atomic E-state index is 0.177. The molecule has 0 unspecified atom stereocenters. The van der Waals surface area contributed by atoms with Gasteiger partial charge in [-0.2, -0.15) is 4.98 Å². The topological polar surface area (TPSA) is 114 Å². The van der Waals surface area contributed by atoms with Crippen LogP contribution in [0.2, 0.25) is 0 Å². The van der Waals surface area contributed by atoms with Gasteiger partial charge in [-0.25, -0.2) is 0 Å². The third-order valence-corrected chi connectivity index (χ3v) is 6.22. The largest absolute Gasteiger partial charge is 0.496 e. The Balaban J connectivity index is 1.55. The molecule has 2 aliphatic rings. The van der Waals surface area contributed by atoms with Gasteiger partial charge in [-0.15, -0.1) is 10.2 Å². The highest BCUT2D eigenvalue weighted by molar-refractivity contribution is 5.98. The molecule has 12 nitrogen and oxygen atoms in total. The van der Waals surface area contributed by atoms with Gasteiger partial charge in [0.1, 0.15) is 25.8 Å². The summed E-state index contributed by atoms with van der Waals surface area (Å²) in [6, 6.07) is 5.74. The van der Waals surface area contributed by atoms with Gasteiger partial charge in [0, 0.05) is 45.8 Å². The van der Waals surface area contributed by atoms with E-state index >= 15 is 0 Å².